The van der Waals surface area contributed by atoms with Gasteiger partial charge >= 0.3 is 0 Å². The molecule has 0 radical (unpaired) electrons. The first-order valence-corrected chi connectivity index (χ1v) is 6.48. The molecule has 2 bridgehead atoms. The quantitative estimate of drug-likeness (QED) is 0.551. The first-order chi connectivity index (χ1) is 7.85. The average Bonchev–Trinajstić information content (AvgIpc) is 2.90. The number of nitrogens with one attached hydrogen (secondary N) is 2. The molecule has 2 N–H and O–H groups in total. The van der Waals surface area contributed by atoms with Gasteiger partial charge in [0.05, 0.1) is 18.2 Å². The zero-order valence-corrected chi connectivity index (χ0v) is 9.91. The summed E-state index contributed by atoms with van der Waals surface area (Å²) in [4.78, 5) is 4.27. The number of ether oxygens (including phenoxy) is 1. The van der Waals surface area contributed by atoms with Gasteiger partial charge in [0, 0.05) is 13.6 Å². The molecule has 0 spiro atoms. The fourth-order valence-electron chi connectivity index (χ4n) is 2.72. The fourth-order valence-corrected chi connectivity index (χ4v) is 2.72. The van der Waals surface area contributed by atoms with Crippen molar-refractivity contribution >= 4 is 5.96 Å². The van der Waals surface area contributed by atoms with Crippen molar-refractivity contribution in [2.45, 2.75) is 50.4 Å². The van der Waals surface area contributed by atoms with Gasteiger partial charge in [0.1, 0.15) is 0 Å². The Kier molecular flexibility index (Phi) is 2.75. The third kappa shape index (κ3) is 2.17. The van der Waals surface area contributed by atoms with Crippen LogP contribution in [0.5, 0.6) is 0 Å². The summed E-state index contributed by atoms with van der Waals surface area (Å²) in [5, 5.41) is 6.90. The van der Waals surface area contributed by atoms with E-state index < -0.39 is 0 Å². The van der Waals surface area contributed by atoms with Crippen LogP contribution in [-0.4, -0.2) is 37.8 Å². The highest BCUT2D eigenvalue weighted by atomic mass is 16.5. The summed E-state index contributed by atoms with van der Waals surface area (Å²) in [6.45, 7) is 1.07. The standard InChI is InChI=1S/C12H21N3O/c1-13-12(14-7-8-2-3-8)15-10-6-9-4-5-11(10)16-9/h8-11H,2-7H2,1H3,(H2,13,14,15). The van der Waals surface area contributed by atoms with Crippen molar-refractivity contribution in [3.8, 4) is 0 Å². The van der Waals surface area contributed by atoms with Crippen molar-refractivity contribution in [3.63, 3.8) is 0 Å². The van der Waals surface area contributed by atoms with Crippen molar-refractivity contribution in [1.29, 1.82) is 0 Å². The number of guanidine groups is 1. The molecule has 0 aromatic rings. The van der Waals surface area contributed by atoms with E-state index in [1.54, 1.807) is 0 Å². The molecule has 3 rings (SSSR count). The maximum atomic E-state index is 5.82. The molecule has 2 heterocycles. The van der Waals surface area contributed by atoms with Gasteiger partial charge in [-0.25, -0.2) is 0 Å². The average molecular weight is 223 g/mol. The van der Waals surface area contributed by atoms with Gasteiger partial charge in [0.25, 0.3) is 0 Å². The first-order valence-electron chi connectivity index (χ1n) is 6.48. The topological polar surface area (TPSA) is 45.7 Å². The molecule has 0 aromatic carbocycles. The van der Waals surface area contributed by atoms with E-state index >= 15 is 0 Å². The zero-order valence-electron chi connectivity index (χ0n) is 9.91. The summed E-state index contributed by atoms with van der Waals surface area (Å²) in [6, 6.07) is 0.476. The zero-order chi connectivity index (χ0) is 11.0. The predicted molar refractivity (Wildman–Crippen MR) is 63.5 cm³/mol. The molecule has 3 atom stereocenters. The van der Waals surface area contributed by atoms with E-state index in [1.165, 1.54) is 25.7 Å². The number of hydrogen-bond donors (Lipinski definition) is 2. The van der Waals surface area contributed by atoms with E-state index in [9.17, 15) is 0 Å². The van der Waals surface area contributed by atoms with Crippen LogP contribution in [0, 0.1) is 5.92 Å². The lowest BCUT2D eigenvalue weighted by atomic mass is 9.96. The molecule has 90 valence electrons. The Bertz CT molecular complexity index is 288. The van der Waals surface area contributed by atoms with E-state index in [2.05, 4.69) is 15.6 Å². The lowest BCUT2D eigenvalue weighted by Crippen LogP contribution is -2.47. The van der Waals surface area contributed by atoms with Crippen molar-refractivity contribution in [2.24, 2.45) is 10.9 Å². The summed E-state index contributed by atoms with van der Waals surface area (Å²) in [6.07, 6.45) is 7.28. The summed E-state index contributed by atoms with van der Waals surface area (Å²) < 4.78 is 5.82. The molecule has 2 aliphatic heterocycles. The smallest absolute Gasteiger partial charge is 0.191 e. The number of aliphatic imine (C=N–C) groups is 1. The van der Waals surface area contributed by atoms with Crippen LogP contribution in [0.4, 0.5) is 0 Å². The van der Waals surface area contributed by atoms with Crippen LogP contribution in [0.2, 0.25) is 0 Å². The lowest BCUT2D eigenvalue weighted by molar-refractivity contribution is 0.0992. The third-order valence-electron chi connectivity index (χ3n) is 3.91. The monoisotopic (exact) mass is 223 g/mol. The summed E-state index contributed by atoms with van der Waals surface area (Å²) in [5.74, 6) is 1.84. The second-order valence-corrected chi connectivity index (χ2v) is 5.26. The Labute approximate surface area is 96.8 Å². The minimum absolute atomic E-state index is 0.421. The molecule has 1 aliphatic carbocycles. The van der Waals surface area contributed by atoms with Crippen LogP contribution in [0.15, 0.2) is 4.99 Å². The van der Waals surface area contributed by atoms with E-state index in [0.717, 1.165) is 24.8 Å². The lowest BCUT2D eigenvalue weighted by Gasteiger charge is -2.22. The van der Waals surface area contributed by atoms with Crippen LogP contribution < -0.4 is 10.6 Å². The van der Waals surface area contributed by atoms with Crippen molar-refractivity contribution < 1.29 is 4.74 Å². The molecule has 16 heavy (non-hydrogen) atoms. The minimum atomic E-state index is 0.421. The molecular formula is C12H21N3O. The number of rotatable bonds is 3. The molecule has 2 saturated heterocycles. The molecule has 1 saturated carbocycles. The minimum Gasteiger partial charge on any atom is -0.373 e. The van der Waals surface area contributed by atoms with E-state index in [-0.39, 0.29) is 0 Å². The van der Waals surface area contributed by atoms with Crippen molar-refractivity contribution in [1.82, 2.24) is 10.6 Å². The molecule has 0 aromatic heterocycles. The Balaban J connectivity index is 1.48. The molecule has 4 heteroatoms. The molecule has 4 nitrogen and oxygen atoms in total. The predicted octanol–water partition coefficient (Wildman–Crippen LogP) is 0.881. The van der Waals surface area contributed by atoms with Crippen LogP contribution in [0.1, 0.15) is 32.1 Å². The maximum Gasteiger partial charge on any atom is 0.191 e. The van der Waals surface area contributed by atoms with Crippen LogP contribution in [0.3, 0.4) is 0 Å². The number of fused-ring (bicyclic) bond motifs is 2. The number of nitrogens with zero attached hydrogens (tertiary/aromatic N) is 1. The highest BCUT2D eigenvalue weighted by Gasteiger charge is 2.41. The fraction of sp³-hybridized carbons (Fsp3) is 0.917. The summed E-state index contributed by atoms with van der Waals surface area (Å²) in [5.41, 5.74) is 0. The van der Waals surface area contributed by atoms with Gasteiger partial charge in [0.2, 0.25) is 0 Å². The summed E-state index contributed by atoms with van der Waals surface area (Å²) in [7, 11) is 1.84. The van der Waals surface area contributed by atoms with Crippen molar-refractivity contribution in [2.75, 3.05) is 13.6 Å². The molecule has 3 aliphatic rings. The Morgan fingerprint density at radius 1 is 1.31 bits per heavy atom. The van der Waals surface area contributed by atoms with E-state index in [4.69, 9.17) is 4.74 Å². The second-order valence-electron chi connectivity index (χ2n) is 5.26. The Hall–Kier alpha value is -0.770. The third-order valence-corrected chi connectivity index (χ3v) is 3.91. The molecule has 0 amide bonds. The van der Waals surface area contributed by atoms with Gasteiger partial charge in [-0.1, -0.05) is 0 Å². The molecule has 3 unspecified atom stereocenters. The van der Waals surface area contributed by atoms with E-state index in [1.807, 2.05) is 7.05 Å². The van der Waals surface area contributed by atoms with Gasteiger partial charge in [-0.15, -0.1) is 0 Å². The highest BCUT2D eigenvalue weighted by molar-refractivity contribution is 5.80. The van der Waals surface area contributed by atoms with Gasteiger partial charge in [0.15, 0.2) is 5.96 Å². The highest BCUT2D eigenvalue weighted by Crippen LogP contribution is 2.34. The second kappa shape index (κ2) is 4.24. The van der Waals surface area contributed by atoms with E-state index in [0.29, 0.717) is 18.2 Å². The van der Waals surface area contributed by atoms with Crippen LogP contribution in [-0.2, 0) is 4.74 Å². The Morgan fingerprint density at radius 3 is 2.75 bits per heavy atom. The van der Waals surface area contributed by atoms with Crippen LogP contribution in [0.25, 0.3) is 0 Å². The van der Waals surface area contributed by atoms with Crippen molar-refractivity contribution in [3.05, 3.63) is 0 Å². The molecule has 3 fully saturated rings. The molecular weight excluding hydrogens is 202 g/mol. The SMILES string of the molecule is CN=C(NCC1CC1)NC1CC2CCC1O2. The van der Waals surface area contributed by atoms with Gasteiger partial charge < -0.3 is 15.4 Å². The van der Waals surface area contributed by atoms with Gasteiger partial charge in [-0.05, 0) is 38.0 Å². The maximum absolute atomic E-state index is 5.82. The Morgan fingerprint density at radius 2 is 2.19 bits per heavy atom. The number of hydrogen-bond acceptors (Lipinski definition) is 2. The first kappa shape index (κ1) is 10.4. The largest absolute Gasteiger partial charge is 0.373 e. The van der Waals surface area contributed by atoms with Crippen LogP contribution >= 0.6 is 0 Å². The summed E-state index contributed by atoms with van der Waals surface area (Å²) >= 11 is 0. The van der Waals surface area contributed by atoms with Gasteiger partial charge in [-0.3, -0.25) is 4.99 Å². The normalized spacial score (nSPS) is 37.8. The van der Waals surface area contributed by atoms with Gasteiger partial charge in [-0.2, -0.15) is 0 Å².